The van der Waals surface area contributed by atoms with Gasteiger partial charge in [-0.3, -0.25) is 9.59 Å². The van der Waals surface area contributed by atoms with Crippen LogP contribution in [0, 0.1) is 5.92 Å². The highest BCUT2D eigenvalue weighted by Gasteiger charge is 2.33. The molecule has 0 heterocycles. The molecule has 0 saturated carbocycles. The number of aliphatic hydroxyl groups is 3. The van der Waals surface area contributed by atoms with Gasteiger partial charge in [0.1, 0.15) is 18.0 Å². The van der Waals surface area contributed by atoms with Gasteiger partial charge < -0.3 is 15.3 Å². The van der Waals surface area contributed by atoms with Crippen molar-refractivity contribution >= 4 is 11.6 Å². The normalized spacial score (nSPS) is 13.9. The molecule has 0 aromatic heterocycles. The Bertz CT molecular complexity index is 730. The predicted octanol–water partition coefficient (Wildman–Crippen LogP) is 10.9. The van der Waals surface area contributed by atoms with Crippen molar-refractivity contribution in [3.63, 3.8) is 0 Å². The maximum Gasteiger partial charge on any atom is 0.174 e. The smallest absolute Gasteiger partial charge is 0.174 e. The fourth-order valence-electron chi connectivity index (χ4n) is 6.14. The maximum absolute atomic E-state index is 13.0. The first-order chi connectivity index (χ1) is 22.5. The molecule has 46 heavy (non-hydrogen) atoms. The lowest BCUT2D eigenvalue weighted by atomic mass is 9.86. The molecule has 0 aromatic rings. The molecular formula is C41H76O5. The molecule has 5 heteroatoms. The molecule has 3 N–H and O–H groups in total. The first-order valence-corrected chi connectivity index (χ1v) is 19.8. The van der Waals surface area contributed by atoms with Gasteiger partial charge in [0, 0.05) is 6.42 Å². The van der Waals surface area contributed by atoms with E-state index >= 15 is 0 Å². The van der Waals surface area contributed by atoms with Crippen LogP contribution in [0.5, 0.6) is 0 Å². The molecule has 0 bridgehead atoms. The zero-order valence-electron chi connectivity index (χ0n) is 30.4. The molecule has 0 amide bonds. The fraction of sp³-hybridized carbons (Fsp3) is 0.854. The van der Waals surface area contributed by atoms with E-state index in [-0.39, 0.29) is 5.78 Å². The van der Waals surface area contributed by atoms with Crippen LogP contribution in [-0.2, 0) is 9.59 Å². The van der Waals surface area contributed by atoms with Crippen LogP contribution in [0.1, 0.15) is 200 Å². The zero-order valence-corrected chi connectivity index (χ0v) is 30.4. The molecule has 5 nitrogen and oxygen atoms in total. The van der Waals surface area contributed by atoms with Crippen molar-refractivity contribution in [2.24, 2.45) is 5.92 Å². The number of carbonyl (C=O) groups excluding carboxylic acids is 2. The number of rotatable bonds is 36. The summed E-state index contributed by atoms with van der Waals surface area (Å²) in [7, 11) is 0. The highest BCUT2D eigenvalue weighted by Crippen LogP contribution is 2.21. The molecule has 3 atom stereocenters. The molecule has 0 aliphatic carbocycles. The SMILES string of the molecule is CCCCC/C=C\C/C=C\CCCCCCC(C(=O)CCCCCCCCCCCCCCCCCCC)C(=O)C(O)C(O)CO. The minimum absolute atomic E-state index is 0.124. The third-order valence-corrected chi connectivity index (χ3v) is 9.30. The molecule has 0 rings (SSSR count). The summed E-state index contributed by atoms with van der Waals surface area (Å²) in [5.74, 6) is -1.65. The molecular weight excluding hydrogens is 572 g/mol. The van der Waals surface area contributed by atoms with Crippen LogP contribution in [0.4, 0.5) is 0 Å². The van der Waals surface area contributed by atoms with Crippen LogP contribution in [0.3, 0.4) is 0 Å². The lowest BCUT2D eigenvalue weighted by Gasteiger charge is -2.21. The summed E-state index contributed by atoms with van der Waals surface area (Å²) in [6, 6.07) is 0. The van der Waals surface area contributed by atoms with Crippen LogP contribution >= 0.6 is 0 Å². The van der Waals surface area contributed by atoms with E-state index in [9.17, 15) is 24.9 Å². The quantitative estimate of drug-likeness (QED) is 0.0357. The van der Waals surface area contributed by atoms with Gasteiger partial charge in [-0.25, -0.2) is 0 Å². The van der Waals surface area contributed by atoms with Crippen LogP contribution in [0.2, 0.25) is 0 Å². The molecule has 0 spiro atoms. The molecule has 0 aliphatic heterocycles. The Labute approximate surface area is 285 Å². The number of Topliss-reactive ketones (excluding diaryl/α,β-unsaturated/α-hetero) is 2. The Morgan fingerprint density at radius 3 is 1.39 bits per heavy atom. The Balaban J connectivity index is 4.10. The summed E-state index contributed by atoms with van der Waals surface area (Å²) in [5, 5.41) is 29.2. The minimum Gasteiger partial charge on any atom is -0.394 e. The highest BCUT2D eigenvalue weighted by atomic mass is 16.4. The average molecular weight is 649 g/mol. The second-order valence-electron chi connectivity index (χ2n) is 13.7. The molecule has 0 aliphatic rings. The van der Waals surface area contributed by atoms with Gasteiger partial charge in [0.15, 0.2) is 5.78 Å². The monoisotopic (exact) mass is 649 g/mol. The van der Waals surface area contributed by atoms with Gasteiger partial charge in [-0.1, -0.05) is 173 Å². The zero-order chi connectivity index (χ0) is 33.9. The fourth-order valence-corrected chi connectivity index (χ4v) is 6.14. The van der Waals surface area contributed by atoms with Gasteiger partial charge in [0.2, 0.25) is 0 Å². The summed E-state index contributed by atoms with van der Waals surface area (Å²) in [4.78, 5) is 25.9. The third kappa shape index (κ3) is 27.8. The van der Waals surface area contributed by atoms with E-state index in [4.69, 9.17) is 0 Å². The summed E-state index contributed by atoms with van der Waals surface area (Å²) < 4.78 is 0. The summed E-state index contributed by atoms with van der Waals surface area (Å²) >= 11 is 0. The Morgan fingerprint density at radius 1 is 0.522 bits per heavy atom. The highest BCUT2D eigenvalue weighted by molar-refractivity contribution is 6.04. The topological polar surface area (TPSA) is 94.8 Å². The van der Waals surface area contributed by atoms with E-state index in [1.54, 1.807) is 0 Å². The first kappa shape index (κ1) is 44.7. The van der Waals surface area contributed by atoms with Crippen molar-refractivity contribution in [2.75, 3.05) is 6.61 Å². The molecule has 0 radical (unpaired) electrons. The van der Waals surface area contributed by atoms with Crippen LogP contribution in [0.25, 0.3) is 0 Å². The number of hydrogen-bond donors (Lipinski definition) is 3. The molecule has 0 fully saturated rings. The van der Waals surface area contributed by atoms with E-state index < -0.39 is 30.5 Å². The summed E-state index contributed by atoms with van der Waals surface area (Å²) in [6.45, 7) is 3.80. The van der Waals surface area contributed by atoms with Crippen molar-refractivity contribution in [2.45, 2.75) is 212 Å². The molecule has 0 aromatic carbocycles. The van der Waals surface area contributed by atoms with E-state index in [2.05, 4.69) is 38.2 Å². The maximum atomic E-state index is 13.0. The Hall–Kier alpha value is -1.30. The van der Waals surface area contributed by atoms with Gasteiger partial charge in [-0.05, 0) is 44.9 Å². The lowest BCUT2D eigenvalue weighted by Crippen LogP contribution is -2.42. The van der Waals surface area contributed by atoms with Gasteiger partial charge in [-0.2, -0.15) is 0 Å². The van der Waals surface area contributed by atoms with E-state index in [1.165, 1.54) is 116 Å². The number of allylic oxidation sites excluding steroid dienone is 4. The number of hydrogen-bond acceptors (Lipinski definition) is 5. The van der Waals surface area contributed by atoms with E-state index in [1.807, 2.05) is 0 Å². The largest absolute Gasteiger partial charge is 0.394 e. The molecule has 0 saturated heterocycles. The van der Waals surface area contributed by atoms with Crippen molar-refractivity contribution in [1.29, 1.82) is 0 Å². The Kier molecular flexibility index (Phi) is 34.0. The third-order valence-electron chi connectivity index (χ3n) is 9.30. The number of aliphatic hydroxyl groups excluding tert-OH is 3. The average Bonchev–Trinajstić information content (AvgIpc) is 3.06. The van der Waals surface area contributed by atoms with E-state index in [0.29, 0.717) is 12.8 Å². The number of unbranched alkanes of at least 4 members (excludes halogenated alkanes) is 23. The van der Waals surface area contributed by atoms with Gasteiger partial charge in [-0.15, -0.1) is 0 Å². The van der Waals surface area contributed by atoms with Crippen LogP contribution in [-0.4, -0.2) is 45.7 Å². The van der Waals surface area contributed by atoms with Crippen molar-refractivity contribution in [3.05, 3.63) is 24.3 Å². The Morgan fingerprint density at radius 2 is 0.913 bits per heavy atom. The standard InChI is InChI=1S/C41H76O5/c1-3-5-7-9-11-13-15-17-19-20-21-23-25-27-29-31-33-35-38(43)37(40(45)41(46)39(44)36-42)34-32-30-28-26-24-22-18-16-14-12-10-8-6-4-2/h12,14,18,22,37,39,41-42,44,46H,3-11,13,15-17,19-21,23-36H2,1-2H3/b14-12-,22-18-. The van der Waals surface area contributed by atoms with Crippen molar-refractivity contribution in [1.82, 2.24) is 0 Å². The van der Waals surface area contributed by atoms with Gasteiger partial charge in [0.05, 0.1) is 12.5 Å². The second kappa shape index (κ2) is 35.0. The minimum atomic E-state index is -1.71. The van der Waals surface area contributed by atoms with Crippen LogP contribution in [0.15, 0.2) is 24.3 Å². The van der Waals surface area contributed by atoms with Crippen LogP contribution < -0.4 is 0 Å². The molecule has 3 unspecified atom stereocenters. The lowest BCUT2D eigenvalue weighted by molar-refractivity contribution is -0.144. The molecule has 270 valence electrons. The van der Waals surface area contributed by atoms with Crippen molar-refractivity contribution in [3.8, 4) is 0 Å². The van der Waals surface area contributed by atoms with Gasteiger partial charge in [0.25, 0.3) is 0 Å². The summed E-state index contributed by atoms with van der Waals surface area (Å²) in [5.41, 5.74) is 0. The predicted molar refractivity (Wildman–Crippen MR) is 196 cm³/mol. The number of carbonyl (C=O) groups is 2. The van der Waals surface area contributed by atoms with Crippen molar-refractivity contribution < 1.29 is 24.9 Å². The van der Waals surface area contributed by atoms with E-state index in [0.717, 1.165) is 57.8 Å². The first-order valence-electron chi connectivity index (χ1n) is 19.8. The second-order valence-corrected chi connectivity index (χ2v) is 13.7. The summed E-state index contributed by atoms with van der Waals surface area (Å²) in [6.07, 6.45) is 39.1. The van der Waals surface area contributed by atoms with Gasteiger partial charge >= 0.3 is 0 Å². The number of ketones is 2.